The monoisotopic (exact) mass is 279 g/mol. The van der Waals surface area contributed by atoms with E-state index >= 15 is 0 Å². The first-order valence-electron chi connectivity index (χ1n) is 6.94. The summed E-state index contributed by atoms with van der Waals surface area (Å²) in [5, 5.41) is 3.15. The molecule has 0 fully saturated rings. The molecule has 1 aromatic rings. The number of rotatable bonds is 6. The smallest absolute Gasteiger partial charge is 0.307 e. The van der Waals surface area contributed by atoms with Gasteiger partial charge in [-0.3, -0.25) is 4.79 Å². The van der Waals surface area contributed by atoms with Gasteiger partial charge in [0.25, 0.3) is 0 Å². The number of fused-ring (bicyclic) bond motifs is 1. The lowest BCUT2D eigenvalue weighted by atomic mass is 10.0. The van der Waals surface area contributed by atoms with Gasteiger partial charge in [-0.05, 0) is 38.1 Å². The van der Waals surface area contributed by atoms with Gasteiger partial charge >= 0.3 is 5.97 Å². The third kappa shape index (κ3) is 3.87. The molecule has 0 aliphatic carbocycles. The Morgan fingerprint density at radius 3 is 2.80 bits per heavy atom. The van der Waals surface area contributed by atoms with Crippen molar-refractivity contribution in [3.63, 3.8) is 0 Å². The summed E-state index contributed by atoms with van der Waals surface area (Å²) in [6.07, 6.45) is 1.10. The highest BCUT2D eigenvalue weighted by molar-refractivity contribution is 5.70. The Bertz CT molecular complexity index is 461. The highest BCUT2D eigenvalue weighted by Gasteiger charge is 2.16. The van der Waals surface area contributed by atoms with Crippen LogP contribution in [-0.4, -0.2) is 38.9 Å². The average molecular weight is 279 g/mol. The normalized spacial score (nSPS) is 14.7. The van der Waals surface area contributed by atoms with Crippen LogP contribution >= 0.6 is 0 Å². The maximum atomic E-state index is 11.5. The van der Waals surface area contributed by atoms with Crippen molar-refractivity contribution in [1.82, 2.24) is 5.32 Å². The van der Waals surface area contributed by atoms with E-state index in [1.54, 1.807) is 0 Å². The molecule has 0 saturated heterocycles. The molecule has 5 heteroatoms. The van der Waals surface area contributed by atoms with Gasteiger partial charge in [-0.1, -0.05) is 6.07 Å². The number of hydrogen-bond donors (Lipinski definition) is 1. The summed E-state index contributed by atoms with van der Waals surface area (Å²) in [6, 6.07) is 5.95. The summed E-state index contributed by atoms with van der Waals surface area (Å²) in [6.45, 7) is 3.40. The SMILES string of the molecule is CCOC(=O)CC(Cc1ccc2c(c1)OCCO2)NC. The van der Waals surface area contributed by atoms with Crippen LogP contribution in [0.25, 0.3) is 0 Å². The zero-order valence-electron chi connectivity index (χ0n) is 12.0. The fourth-order valence-electron chi connectivity index (χ4n) is 2.20. The third-order valence-corrected chi connectivity index (χ3v) is 3.22. The van der Waals surface area contributed by atoms with Crippen LogP contribution < -0.4 is 14.8 Å². The maximum absolute atomic E-state index is 11.5. The van der Waals surface area contributed by atoms with E-state index in [2.05, 4.69) is 5.32 Å². The lowest BCUT2D eigenvalue weighted by Gasteiger charge is -2.20. The van der Waals surface area contributed by atoms with Crippen molar-refractivity contribution in [2.45, 2.75) is 25.8 Å². The quantitative estimate of drug-likeness (QED) is 0.801. The van der Waals surface area contributed by atoms with Crippen molar-refractivity contribution in [3.8, 4) is 11.5 Å². The van der Waals surface area contributed by atoms with Crippen molar-refractivity contribution < 1.29 is 19.0 Å². The Morgan fingerprint density at radius 2 is 2.10 bits per heavy atom. The molecule has 0 amide bonds. The minimum atomic E-state index is -0.176. The van der Waals surface area contributed by atoms with Crippen molar-refractivity contribution in [2.75, 3.05) is 26.9 Å². The number of carbonyl (C=O) groups excluding carboxylic acids is 1. The fourth-order valence-corrected chi connectivity index (χ4v) is 2.20. The molecule has 1 N–H and O–H groups in total. The van der Waals surface area contributed by atoms with E-state index in [4.69, 9.17) is 14.2 Å². The first kappa shape index (κ1) is 14.7. The van der Waals surface area contributed by atoms with Crippen molar-refractivity contribution >= 4 is 5.97 Å². The molecule has 0 bridgehead atoms. The molecule has 110 valence electrons. The standard InChI is InChI=1S/C15H21NO4/c1-3-18-15(17)10-12(16-2)8-11-4-5-13-14(9-11)20-7-6-19-13/h4-5,9,12,16H,3,6-8,10H2,1-2H3. The Labute approximate surface area is 119 Å². The molecule has 2 rings (SSSR count). The van der Waals surface area contributed by atoms with Crippen LogP contribution in [0.4, 0.5) is 0 Å². The molecule has 1 unspecified atom stereocenters. The number of hydrogen-bond acceptors (Lipinski definition) is 5. The molecular weight excluding hydrogens is 258 g/mol. The number of nitrogens with one attached hydrogen (secondary N) is 1. The number of carbonyl (C=O) groups is 1. The molecule has 1 atom stereocenters. The van der Waals surface area contributed by atoms with Crippen LogP contribution in [0.2, 0.25) is 0 Å². The van der Waals surface area contributed by atoms with E-state index in [1.165, 1.54) is 0 Å². The maximum Gasteiger partial charge on any atom is 0.307 e. The first-order chi connectivity index (χ1) is 9.72. The Kier molecular flexibility index (Phi) is 5.24. The Balaban J connectivity index is 1.98. The summed E-state index contributed by atoms with van der Waals surface area (Å²) >= 11 is 0. The molecule has 1 aliphatic heterocycles. The van der Waals surface area contributed by atoms with E-state index in [0.29, 0.717) is 26.2 Å². The zero-order valence-corrected chi connectivity index (χ0v) is 12.0. The lowest BCUT2D eigenvalue weighted by molar-refractivity contribution is -0.143. The molecule has 0 aromatic heterocycles. The molecule has 5 nitrogen and oxygen atoms in total. The predicted octanol–water partition coefficient (Wildman–Crippen LogP) is 1.54. The number of likely N-dealkylation sites (N-methyl/N-ethyl adjacent to an activating group) is 1. The predicted molar refractivity (Wildman–Crippen MR) is 75.2 cm³/mol. The number of benzene rings is 1. The van der Waals surface area contributed by atoms with Gasteiger partial charge in [0, 0.05) is 6.04 Å². The summed E-state index contributed by atoms with van der Waals surface area (Å²) < 4.78 is 16.0. The van der Waals surface area contributed by atoms with Gasteiger partial charge in [-0.2, -0.15) is 0 Å². The number of ether oxygens (including phenoxy) is 3. The highest BCUT2D eigenvalue weighted by atomic mass is 16.6. The first-order valence-corrected chi connectivity index (χ1v) is 6.94. The van der Waals surface area contributed by atoms with Crippen LogP contribution in [0, 0.1) is 0 Å². The minimum absolute atomic E-state index is 0.0524. The molecule has 1 aromatic carbocycles. The second kappa shape index (κ2) is 7.14. The van der Waals surface area contributed by atoms with Crippen LogP contribution in [0.1, 0.15) is 18.9 Å². The Hall–Kier alpha value is -1.75. The largest absolute Gasteiger partial charge is 0.486 e. The molecule has 0 radical (unpaired) electrons. The van der Waals surface area contributed by atoms with Gasteiger partial charge in [-0.15, -0.1) is 0 Å². The second-order valence-corrected chi connectivity index (χ2v) is 4.68. The van der Waals surface area contributed by atoms with Crippen LogP contribution in [0.3, 0.4) is 0 Å². The zero-order chi connectivity index (χ0) is 14.4. The molecule has 0 saturated carbocycles. The summed E-state index contributed by atoms with van der Waals surface area (Å²) in [4.78, 5) is 11.5. The van der Waals surface area contributed by atoms with Crippen molar-refractivity contribution in [2.24, 2.45) is 0 Å². The van der Waals surface area contributed by atoms with E-state index in [-0.39, 0.29) is 12.0 Å². The van der Waals surface area contributed by atoms with E-state index in [9.17, 15) is 4.79 Å². The highest BCUT2D eigenvalue weighted by Crippen LogP contribution is 2.31. The van der Waals surface area contributed by atoms with Crippen molar-refractivity contribution in [3.05, 3.63) is 23.8 Å². The van der Waals surface area contributed by atoms with E-state index in [1.807, 2.05) is 32.2 Å². The summed E-state index contributed by atoms with van der Waals surface area (Å²) in [5.74, 6) is 1.38. The van der Waals surface area contributed by atoms with Gasteiger partial charge in [0.05, 0.1) is 13.0 Å². The van der Waals surface area contributed by atoms with E-state index in [0.717, 1.165) is 23.5 Å². The van der Waals surface area contributed by atoms with Crippen LogP contribution in [-0.2, 0) is 16.0 Å². The lowest BCUT2D eigenvalue weighted by Crippen LogP contribution is -2.31. The molecule has 1 heterocycles. The third-order valence-electron chi connectivity index (χ3n) is 3.22. The average Bonchev–Trinajstić information content (AvgIpc) is 2.46. The van der Waals surface area contributed by atoms with Gasteiger partial charge in [-0.25, -0.2) is 0 Å². The van der Waals surface area contributed by atoms with E-state index < -0.39 is 0 Å². The van der Waals surface area contributed by atoms with Crippen molar-refractivity contribution in [1.29, 1.82) is 0 Å². The van der Waals surface area contributed by atoms with Gasteiger partial charge in [0.2, 0.25) is 0 Å². The van der Waals surface area contributed by atoms with Gasteiger partial charge in [0.1, 0.15) is 13.2 Å². The molecule has 20 heavy (non-hydrogen) atoms. The minimum Gasteiger partial charge on any atom is -0.486 e. The molecular formula is C15H21NO4. The van der Waals surface area contributed by atoms with Crippen LogP contribution in [0.5, 0.6) is 11.5 Å². The van der Waals surface area contributed by atoms with Gasteiger partial charge in [0.15, 0.2) is 11.5 Å². The fraction of sp³-hybridized carbons (Fsp3) is 0.533. The Morgan fingerprint density at radius 1 is 1.35 bits per heavy atom. The number of esters is 1. The van der Waals surface area contributed by atoms with Gasteiger partial charge < -0.3 is 19.5 Å². The molecule has 0 spiro atoms. The second-order valence-electron chi connectivity index (χ2n) is 4.68. The summed E-state index contributed by atoms with van der Waals surface area (Å²) in [7, 11) is 1.85. The topological polar surface area (TPSA) is 56.8 Å². The summed E-state index contributed by atoms with van der Waals surface area (Å²) in [5.41, 5.74) is 1.11. The molecule has 1 aliphatic rings. The van der Waals surface area contributed by atoms with Crippen LogP contribution in [0.15, 0.2) is 18.2 Å².